The van der Waals surface area contributed by atoms with Crippen molar-refractivity contribution in [2.24, 2.45) is 0 Å². The number of nitrogens with zero attached hydrogens (tertiary/aromatic N) is 1. The molecule has 1 spiro atoms. The molecule has 74 valence electrons. The molecular weight excluding hydrogens is 148 g/mol. The van der Waals surface area contributed by atoms with E-state index in [0.29, 0.717) is 5.54 Å². The molecule has 0 aromatic carbocycles. The van der Waals surface area contributed by atoms with Gasteiger partial charge < -0.3 is 10.2 Å². The third-order valence-electron chi connectivity index (χ3n) is 2.98. The van der Waals surface area contributed by atoms with Gasteiger partial charge in [-0.05, 0) is 25.9 Å². The smallest absolute Gasteiger partial charge is 0.0333 e. The van der Waals surface area contributed by atoms with Gasteiger partial charge in [-0.15, -0.1) is 0 Å². The molecule has 0 aromatic rings. The molecule has 12 heavy (non-hydrogen) atoms. The van der Waals surface area contributed by atoms with Gasteiger partial charge in [0.25, 0.3) is 0 Å². The van der Waals surface area contributed by atoms with Gasteiger partial charge in [-0.1, -0.05) is 20.8 Å². The monoisotopic (exact) mass is 172 g/mol. The normalized spacial score (nSPS) is 34.2. The van der Waals surface area contributed by atoms with Crippen molar-refractivity contribution < 1.29 is 1.43 Å². The molecule has 0 bridgehead atoms. The van der Waals surface area contributed by atoms with Gasteiger partial charge in [0.2, 0.25) is 0 Å². The first-order chi connectivity index (χ1) is 5.85. The number of likely N-dealkylation sites (N-methyl/N-ethyl adjacent to an activating group) is 1. The fourth-order valence-electron chi connectivity index (χ4n) is 2.06. The fraction of sp³-hybridized carbons (Fsp3) is 1.00. The van der Waals surface area contributed by atoms with E-state index in [1.165, 1.54) is 39.0 Å². The summed E-state index contributed by atoms with van der Waals surface area (Å²) in [5, 5.41) is 3.54. The molecule has 0 saturated carbocycles. The molecule has 2 aliphatic rings. The molecule has 1 atom stereocenters. The number of hydrogen-bond acceptors (Lipinski definition) is 2. The summed E-state index contributed by atoms with van der Waals surface area (Å²) in [6.07, 6.45) is 2.78. The van der Waals surface area contributed by atoms with Gasteiger partial charge in [0.1, 0.15) is 0 Å². The quantitative estimate of drug-likeness (QED) is 0.648. The van der Waals surface area contributed by atoms with Crippen molar-refractivity contribution in [3.8, 4) is 0 Å². The van der Waals surface area contributed by atoms with Gasteiger partial charge in [0.15, 0.2) is 0 Å². The van der Waals surface area contributed by atoms with E-state index in [2.05, 4.69) is 17.1 Å². The first-order valence-electron chi connectivity index (χ1n) is 5.32. The number of nitrogens with one attached hydrogen (secondary N) is 1. The van der Waals surface area contributed by atoms with Crippen molar-refractivity contribution >= 4 is 0 Å². The van der Waals surface area contributed by atoms with E-state index in [1.807, 2.05) is 13.8 Å². The number of likely N-dealkylation sites (tertiary alicyclic amines) is 1. The Morgan fingerprint density at radius 3 is 2.33 bits per heavy atom. The molecule has 2 rings (SSSR count). The summed E-state index contributed by atoms with van der Waals surface area (Å²) < 4.78 is 0. The van der Waals surface area contributed by atoms with Gasteiger partial charge in [-0.25, -0.2) is 0 Å². The third-order valence-corrected chi connectivity index (χ3v) is 2.98. The molecule has 2 fully saturated rings. The van der Waals surface area contributed by atoms with Crippen LogP contribution in [0.1, 0.15) is 35.0 Å². The van der Waals surface area contributed by atoms with Crippen LogP contribution in [0.2, 0.25) is 0 Å². The fourth-order valence-corrected chi connectivity index (χ4v) is 2.06. The van der Waals surface area contributed by atoms with Gasteiger partial charge in [0, 0.05) is 20.1 Å². The van der Waals surface area contributed by atoms with Crippen molar-refractivity contribution in [1.82, 2.24) is 10.2 Å². The number of rotatable bonds is 1. The van der Waals surface area contributed by atoms with Crippen LogP contribution in [0.5, 0.6) is 0 Å². The van der Waals surface area contributed by atoms with Gasteiger partial charge in [-0.2, -0.15) is 0 Å². The zero-order chi connectivity index (χ0) is 9.03. The van der Waals surface area contributed by atoms with Crippen LogP contribution in [0.15, 0.2) is 0 Å². The maximum Gasteiger partial charge on any atom is 0.0333 e. The van der Waals surface area contributed by atoms with Crippen molar-refractivity contribution in [2.75, 3.05) is 26.2 Å². The molecule has 0 aromatic heterocycles. The minimum Gasteiger partial charge on any atom is -0.310 e. The zero-order valence-corrected chi connectivity index (χ0v) is 8.69. The van der Waals surface area contributed by atoms with Crippen molar-refractivity contribution in [2.45, 2.75) is 39.2 Å². The first-order valence-corrected chi connectivity index (χ1v) is 5.32. The highest BCUT2D eigenvalue weighted by molar-refractivity contribution is 5.03. The van der Waals surface area contributed by atoms with Gasteiger partial charge >= 0.3 is 0 Å². The molecule has 0 radical (unpaired) electrons. The molecule has 0 amide bonds. The minimum absolute atomic E-state index is 0. The second kappa shape index (κ2) is 4.24. The highest BCUT2D eigenvalue weighted by atomic mass is 15.2. The van der Waals surface area contributed by atoms with E-state index in [9.17, 15) is 0 Å². The average Bonchev–Trinajstić information content (AvgIpc) is 2.51. The lowest BCUT2D eigenvalue weighted by Gasteiger charge is -2.39. The Hall–Kier alpha value is -0.0800. The van der Waals surface area contributed by atoms with E-state index >= 15 is 0 Å². The van der Waals surface area contributed by atoms with Crippen LogP contribution < -0.4 is 5.32 Å². The van der Waals surface area contributed by atoms with E-state index in [-0.39, 0.29) is 1.43 Å². The summed E-state index contributed by atoms with van der Waals surface area (Å²) in [5.41, 5.74) is 0.565. The van der Waals surface area contributed by atoms with Crippen LogP contribution in [0, 0.1) is 0 Å². The van der Waals surface area contributed by atoms with Gasteiger partial charge in [-0.3, -0.25) is 0 Å². The molecule has 2 heteroatoms. The van der Waals surface area contributed by atoms with Crippen LogP contribution in [0.4, 0.5) is 0 Å². The van der Waals surface area contributed by atoms with Crippen molar-refractivity contribution in [3.05, 3.63) is 0 Å². The predicted octanol–water partition coefficient (Wildman–Crippen LogP) is 1.72. The zero-order valence-electron chi connectivity index (χ0n) is 8.69. The lowest BCUT2D eigenvalue weighted by atomic mass is 9.87. The lowest BCUT2D eigenvalue weighted by molar-refractivity contribution is 0.204. The second-order valence-corrected chi connectivity index (χ2v) is 3.58. The Labute approximate surface area is 77.8 Å². The van der Waals surface area contributed by atoms with Crippen molar-refractivity contribution in [3.63, 3.8) is 0 Å². The van der Waals surface area contributed by atoms with Crippen LogP contribution in [-0.4, -0.2) is 36.6 Å². The van der Waals surface area contributed by atoms with Crippen LogP contribution in [0.3, 0.4) is 0 Å². The van der Waals surface area contributed by atoms with E-state index in [0.717, 1.165) is 0 Å². The largest absolute Gasteiger partial charge is 0.310 e. The summed E-state index contributed by atoms with van der Waals surface area (Å²) in [6, 6.07) is 0. The minimum atomic E-state index is 0. The van der Waals surface area contributed by atoms with E-state index in [1.54, 1.807) is 0 Å². The summed E-state index contributed by atoms with van der Waals surface area (Å²) in [5.74, 6) is 0. The van der Waals surface area contributed by atoms with Crippen molar-refractivity contribution in [1.29, 1.82) is 0 Å². The Balaban J connectivity index is 0.000000451. The Kier molecular flexibility index (Phi) is 3.53. The molecule has 0 aliphatic carbocycles. The van der Waals surface area contributed by atoms with Crippen LogP contribution in [0.25, 0.3) is 0 Å². The summed E-state index contributed by atoms with van der Waals surface area (Å²) in [7, 11) is 0. The maximum absolute atomic E-state index is 3.54. The molecule has 2 aliphatic heterocycles. The highest BCUT2D eigenvalue weighted by Gasteiger charge is 2.41. The maximum atomic E-state index is 3.54. The van der Waals surface area contributed by atoms with Crippen LogP contribution in [-0.2, 0) is 0 Å². The molecular formula is C10H24N2. The molecule has 1 unspecified atom stereocenters. The Morgan fingerprint density at radius 2 is 2.08 bits per heavy atom. The summed E-state index contributed by atoms with van der Waals surface area (Å²) in [6.45, 7) is 11.3. The lowest BCUT2D eigenvalue weighted by Crippen LogP contribution is -2.58. The van der Waals surface area contributed by atoms with Crippen LogP contribution >= 0.6 is 0 Å². The topological polar surface area (TPSA) is 15.3 Å². The Morgan fingerprint density at radius 1 is 1.42 bits per heavy atom. The standard InChI is InChI=1S/C8H16N2.C2H6.H2/c1-2-10-6-4-8(7-10)3-5-9-8;1-2;/h9H,2-7H2,1H3;1-2H3;1H. The molecule has 1 N–H and O–H groups in total. The molecule has 2 heterocycles. The summed E-state index contributed by atoms with van der Waals surface area (Å²) >= 11 is 0. The molecule has 2 saturated heterocycles. The Bertz CT molecular complexity index is 135. The highest BCUT2D eigenvalue weighted by Crippen LogP contribution is 2.29. The number of hydrogen-bond donors (Lipinski definition) is 1. The first kappa shape index (κ1) is 10.0. The van der Waals surface area contributed by atoms with E-state index in [4.69, 9.17) is 0 Å². The SMILES string of the molecule is CC.CCN1CCC2(CCN2)C1.[HH]. The molecule has 2 nitrogen and oxygen atoms in total. The third kappa shape index (κ3) is 1.80. The predicted molar refractivity (Wildman–Crippen MR) is 55.5 cm³/mol. The average molecular weight is 172 g/mol. The second-order valence-electron chi connectivity index (χ2n) is 3.58. The van der Waals surface area contributed by atoms with E-state index < -0.39 is 0 Å². The summed E-state index contributed by atoms with van der Waals surface area (Å²) in [4.78, 5) is 2.53. The van der Waals surface area contributed by atoms with Gasteiger partial charge in [0.05, 0.1) is 0 Å².